The van der Waals surface area contributed by atoms with Crippen LogP contribution < -0.4 is 15.5 Å². The van der Waals surface area contributed by atoms with E-state index in [-0.39, 0.29) is 17.9 Å². The van der Waals surface area contributed by atoms with Crippen LogP contribution in [0.3, 0.4) is 0 Å². The summed E-state index contributed by atoms with van der Waals surface area (Å²) in [6, 6.07) is 21.2. The summed E-state index contributed by atoms with van der Waals surface area (Å²) in [7, 11) is 0. The van der Waals surface area contributed by atoms with E-state index in [9.17, 15) is 9.59 Å². The molecule has 5 rings (SSSR count). The van der Waals surface area contributed by atoms with Gasteiger partial charge in [-0.25, -0.2) is 0 Å². The average molecular weight is 534 g/mol. The normalized spacial score (nSPS) is 17.1. The molecule has 6 nitrogen and oxygen atoms in total. The van der Waals surface area contributed by atoms with Gasteiger partial charge in [0.05, 0.1) is 11.7 Å². The van der Waals surface area contributed by atoms with Gasteiger partial charge in [-0.3, -0.25) is 9.59 Å². The van der Waals surface area contributed by atoms with Gasteiger partial charge >= 0.3 is 0 Å². The summed E-state index contributed by atoms with van der Waals surface area (Å²) in [5.41, 5.74) is 5.18. The molecule has 2 aliphatic rings. The number of nitrogens with one attached hydrogen (secondary N) is 2. The van der Waals surface area contributed by atoms with Crippen LogP contribution in [0.1, 0.15) is 44.7 Å². The summed E-state index contributed by atoms with van der Waals surface area (Å²) >= 11 is 3.39. The predicted octanol–water partition coefficient (Wildman–Crippen LogP) is 5.17. The number of fused-ring (bicyclic) bond motifs is 1. The van der Waals surface area contributed by atoms with Crippen molar-refractivity contribution in [1.82, 2.24) is 5.32 Å². The second kappa shape index (κ2) is 10.6. The highest BCUT2D eigenvalue weighted by molar-refractivity contribution is 9.10. The number of ether oxygens (including phenoxy) is 1. The minimum Gasteiger partial charge on any atom is -0.376 e. The van der Waals surface area contributed by atoms with Gasteiger partial charge < -0.3 is 20.3 Å². The third-order valence-electron chi connectivity index (χ3n) is 6.59. The first-order valence-electron chi connectivity index (χ1n) is 12.0. The van der Waals surface area contributed by atoms with Gasteiger partial charge in [-0.15, -0.1) is 0 Å². The van der Waals surface area contributed by atoms with Crippen molar-refractivity contribution in [2.24, 2.45) is 0 Å². The van der Waals surface area contributed by atoms with Crippen LogP contribution >= 0.6 is 15.9 Å². The minimum absolute atomic E-state index is 0.0598. The summed E-state index contributed by atoms with van der Waals surface area (Å²) in [6.07, 6.45) is 2.97. The molecule has 3 aromatic carbocycles. The Kier molecular flexibility index (Phi) is 7.16. The molecule has 35 heavy (non-hydrogen) atoms. The fourth-order valence-electron chi connectivity index (χ4n) is 4.68. The van der Waals surface area contributed by atoms with E-state index in [1.165, 1.54) is 11.1 Å². The van der Waals surface area contributed by atoms with Crippen molar-refractivity contribution < 1.29 is 14.3 Å². The third-order valence-corrected chi connectivity index (χ3v) is 7.12. The molecule has 0 radical (unpaired) electrons. The predicted molar refractivity (Wildman–Crippen MR) is 141 cm³/mol. The highest BCUT2D eigenvalue weighted by Gasteiger charge is 2.23. The Morgan fingerprint density at radius 3 is 2.57 bits per heavy atom. The van der Waals surface area contributed by atoms with Crippen LogP contribution in [-0.2, 0) is 17.7 Å². The molecule has 2 amide bonds. The van der Waals surface area contributed by atoms with Crippen LogP contribution in [0.15, 0.2) is 71.2 Å². The maximum absolute atomic E-state index is 13.3. The Morgan fingerprint density at radius 1 is 1.00 bits per heavy atom. The van der Waals surface area contributed by atoms with Gasteiger partial charge in [-0.2, -0.15) is 0 Å². The Labute approximate surface area is 213 Å². The van der Waals surface area contributed by atoms with E-state index in [1.807, 2.05) is 24.3 Å². The van der Waals surface area contributed by atoms with E-state index >= 15 is 0 Å². The molecular weight excluding hydrogens is 506 g/mol. The van der Waals surface area contributed by atoms with Crippen LogP contribution in [0.25, 0.3) is 0 Å². The topological polar surface area (TPSA) is 70.7 Å². The molecule has 1 unspecified atom stereocenters. The fraction of sp³-hybridized carbons (Fsp3) is 0.286. The summed E-state index contributed by atoms with van der Waals surface area (Å²) in [5.74, 6) is -0.378. The molecule has 0 aliphatic carbocycles. The number of amides is 2. The van der Waals surface area contributed by atoms with Crippen molar-refractivity contribution in [3.63, 3.8) is 0 Å². The van der Waals surface area contributed by atoms with Crippen LogP contribution in [0.5, 0.6) is 0 Å². The van der Waals surface area contributed by atoms with E-state index in [4.69, 9.17) is 4.74 Å². The average Bonchev–Trinajstić information content (AvgIpc) is 3.41. The van der Waals surface area contributed by atoms with Crippen molar-refractivity contribution in [1.29, 1.82) is 0 Å². The van der Waals surface area contributed by atoms with Gasteiger partial charge in [0.15, 0.2) is 0 Å². The molecule has 2 aliphatic heterocycles. The Balaban J connectivity index is 1.39. The lowest BCUT2D eigenvalue weighted by Gasteiger charge is -2.32. The fourth-order valence-corrected chi connectivity index (χ4v) is 4.95. The molecule has 1 atom stereocenters. The number of hydrogen-bond donors (Lipinski definition) is 2. The molecular formula is C28H28BrN3O3. The molecule has 0 bridgehead atoms. The smallest absolute Gasteiger partial charge is 0.255 e. The molecule has 2 N–H and O–H groups in total. The molecule has 1 fully saturated rings. The van der Waals surface area contributed by atoms with Crippen molar-refractivity contribution >= 4 is 39.1 Å². The minimum atomic E-state index is -0.220. The van der Waals surface area contributed by atoms with Gasteiger partial charge in [0.1, 0.15) is 0 Å². The first-order valence-corrected chi connectivity index (χ1v) is 12.8. The highest BCUT2D eigenvalue weighted by Crippen LogP contribution is 2.30. The van der Waals surface area contributed by atoms with E-state index in [0.29, 0.717) is 23.4 Å². The number of hydrogen-bond acceptors (Lipinski definition) is 4. The van der Waals surface area contributed by atoms with Crippen LogP contribution in [-0.4, -0.2) is 37.6 Å². The van der Waals surface area contributed by atoms with Gasteiger partial charge in [0, 0.05) is 47.7 Å². The number of rotatable bonds is 6. The van der Waals surface area contributed by atoms with Gasteiger partial charge in [0.25, 0.3) is 11.8 Å². The second-order valence-electron chi connectivity index (χ2n) is 8.98. The summed E-state index contributed by atoms with van der Waals surface area (Å²) < 4.78 is 6.58. The lowest BCUT2D eigenvalue weighted by atomic mass is 9.98. The highest BCUT2D eigenvalue weighted by atomic mass is 79.9. The zero-order valence-corrected chi connectivity index (χ0v) is 21.0. The molecule has 1 saturated heterocycles. The first kappa shape index (κ1) is 23.6. The van der Waals surface area contributed by atoms with Gasteiger partial charge in [-0.1, -0.05) is 40.2 Å². The molecule has 0 spiro atoms. The van der Waals surface area contributed by atoms with Crippen LogP contribution in [0.4, 0.5) is 11.4 Å². The van der Waals surface area contributed by atoms with Crippen molar-refractivity contribution in [2.75, 3.05) is 29.9 Å². The van der Waals surface area contributed by atoms with E-state index in [1.54, 1.807) is 18.2 Å². The maximum atomic E-state index is 13.3. The van der Waals surface area contributed by atoms with E-state index in [2.05, 4.69) is 55.7 Å². The number of carbonyl (C=O) groups is 2. The maximum Gasteiger partial charge on any atom is 0.255 e. The lowest BCUT2D eigenvalue weighted by Crippen LogP contribution is -2.35. The van der Waals surface area contributed by atoms with Crippen molar-refractivity contribution in [3.8, 4) is 0 Å². The second-order valence-corrected chi connectivity index (χ2v) is 9.89. The van der Waals surface area contributed by atoms with E-state index < -0.39 is 0 Å². The summed E-state index contributed by atoms with van der Waals surface area (Å²) in [6.45, 7) is 2.80. The number of benzene rings is 3. The quantitative estimate of drug-likeness (QED) is 0.458. The molecule has 0 saturated carbocycles. The van der Waals surface area contributed by atoms with Gasteiger partial charge in [0.2, 0.25) is 0 Å². The van der Waals surface area contributed by atoms with Gasteiger partial charge in [-0.05, 0) is 72.9 Å². The Bertz CT molecular complexity index is 1220. The summed E-state index contributed by atoms with van der Waals surface area (Å²) in [4.78, 5) is 28.4. The third kappa shape index (κ3) is 5.57. The molecule has 0 aromatic heterocycles. The summed E-state index contributed by atoms with van der Waals surface area (Å²) in [5, 5.41) is 5.99. The molecule has 3 aromatic rings. The monoisotopic (exact) mass is 533 g/mol. The number of anilines is 2. The number of nitrogens with zero attached hydrogens (tertiary/aromatic N) is 1. The number of halogens is 1. The van der Waals surface area contributed by atoms with Crippen LogP contribution in [0.2, 0.25) is 0 Å². The standard InChI is InChI=1S/C28H28BrN3O3/c29-22-9-7-20(8-10-22)27(33)31-23-11-12-26(32-14-13-19-4-1-2-5-21(19)18-32)25(16-23)28(34)30-17-24-6-3-15-35-24/h1-2,4-5,7-12,16,24H,3,6,13-15,17-18H2,(H,30,34)(H,31,33). The first-order chi connectivity index (χ1) is 17.1. The SMILES string of the molecule is O=C(Nc1ccc(N2CCc3ccccc3C2)c(C(=O)NCC2CCCO2)c1)c1ccc(Br)cc1. The Morgan fingerprint density at radius 2 is 1.80 bits per heavy atom. The van der Waals surface area contributed by atoms with Crippen molar-refractivity contribution in [2.45, 2.75) is 31.9 Å². The van der Waals surface area contributed by atoms with Crippen LogP contribution in [0, 0.1) is 0 Å². The molecule has 2 heterocycles. The Hall–Kier alpha value is -3.16. The molecule has 180 valence electrons. The number of carbonyl (C=O) groups excluding carboxylic acids is 2. The molecule has 7 heteroatoms. The zero-order valence-electron chi connectivity index (χ0n) is 19.4. The zero-order chi connectivity index (χ0) is 24.2. The largest absolute Gasteiger partial charge is 0.376 e. The van der Waals surface area contributed by atoms with E-state index in [0.717, 1.165) is 49.1 Å². The lowest BCUT2D eigenvalue weighted by molar-refractivity contribution is 0.0858. The van der Waals surface area contributed by atoms with Crippen molar-refractivity contribution in [3.05, 3.63) is 93.5 Å².